The van der Waals surface area contributed by atoms with Gasteiger partial charge in [0.25, 0.3) is 5.91 Å². The molecule has 4 rings (SSSR count). The maximum Gasteiger partial charge on any atom is 0.254 e. The number of nitrogens with one attached hydrogen (secondary N) is 1. The maximum absolute atomic E-state index is 13.0. The van der Waals surface area contributed by atoms with Crippen molar-refractivity contribution in [3.05, 3.63) is 76.4 Å². The third-order valence-corrected chi connectivity index (χ3v) is 5.64. The minimum absolute atomic E-state index is 0.0363. The van der Waals surface area contributed by atoms with Crippen molar-refractivity contribution < 1.29 is 4.79 Å². The third kappa shape index (κ3) is 3.43. The van der Waals surface area contributed by atoms with Crippen LogP contribution in [0.1, 0.15) is 33.9 Å². The molecule has 2 atom stereocenters. The molecule has 0 radical (unpaired) electrons. The minimum atomic E-state index is -0.169. The molecule has 1 fully saturated rings. The second kappa shape index (κ2) is 7.29. The van der Waals surface area contributed by atoms with Crippen LogP contribution < -0.4 is 5.32 Å². The predicted octanol–water partition coefficient (Wildman–Crippen LogP) is 4.37. The van der Waals surface area contributed by atoms with Gasteiger partial charge >= 0.3 is 0 Å². The van der Waals surface area contributed by atoms with Crippen LogP contribution in [0.25, 0.3) is 10.9 Å². The van der Waals surface area contributed by atoms with E-state index in [-0.39, 0.29) is 23.1 Å². The summed E-state index contributed by atoms with van der Waals surface area (Å²) in [6, 6.07) is 18.2. The SMILES string of the molecule is Cc1cccc2cc(C(=O)N[C@H]3CCN(C)[C@@H]3c3ccccc3)c(Cl)nc12. The minimum Gasteiger partial charge on any atom is -0.347 e. The number of carbonyl (C=O) groups excluding carboxylic acids is 1. The first kappa shape index (κ1) is 18.0. The van der Waals surface area contributed by atoms with Crippen molar-refractivity contribution in [2.75, 3.05) is 13.6 Å². The van der Waals surface area contributed by atoms with Crippen LogP contribution in [0.5, 0.6) is 0 Å². The van der Waals surface area contributed by atoms with Crippen LogP contribution in [0.4, 0.5) is 0 Å². The Labute approximate surface area is 164 Å². The zero-order valence-electron chi connectivity index (χ0n) is 15.4. The molecule has 1 aliphatic heterocycles. The molecule has 138 valence electrons. The summed E-state index contributed by atoms with van der Waals surface area (Å²) in [7, 11) is 2.09. The first-order valence-corrected chi connectivity index (χ1v) is 9.54. The predicted molar refractivity (Wildman–Crippen MR) is 109 cm³/mol. The molecule has 0 saturated carbocycles. The van der Waals surface area contributed by atoms with E-state index in [9.17, 15) is 4.79 Å². The number of aromatic nitrogens is 1. The first-order chi connectivity index (χ1) is 13.0. The molecule has 0 aliphatic carbocycles. The molecule has 27 heavy (non-hydrogen) atoms. The molecule has 1 aromatic heterocycles. The number of likely N-dealkylation sites (tertiary alicyclic amines) is 1. The van der Waals surface area contributed by atoms with Gasteiger partial charge < -0.3 is 5.32 Å². The molecule has 0 bridgehead atoms. The number of benzene rings is 2. The number of fused-ring (bicyclic) bond motifs is 1. The number of aryl methyl sites for hydroxylation is 1. The smallest absolute Gasteiger partial charge is 0.254 e. The van der Waals surface area contributed by atoms with Crippen molar-refractivity contribution in [2.24, 2.45) is 0 Å². The first-order valence-electron chi connectivity index (χ1n) is 9.16. The highest BCUT2D eigenvalue weighted by molar-refractivity contribution is 6.33. The van der Waals surface area contributed by atoms with Crippen molar-refractivity contribution in [3.63, 3.8) is 0 Å². The summed E-state index contributed by atoms with van der Waals surface area (Å²) in [5.41, 5.74) is 3.52. The average Bonchev–Trinajstić information content (AvgIpc) is 3.03. The number of pyridine rings is 1. The molecule has 1 N–H and O–H groups in total. The van der Waals surface area contributed by atoms with Gasteiger partial charge in [0, 0.05) is 11.9 Å². The number of amides is 1. The lowest BCUT2D eigenvalue weighted by molar-refractivity contribution is 0.0927. The van der Waals surface area contributed by atoms with Crippen LogP contribution in [0, 0.1) is 6.92 Å². The summed E-state index contributed by atoms with van der Waals surface area (Å²) in [6.45, 7) is 2.93. The second-order valence-electron chi connectivity index (χ2n) is 7.18. The van der Waals surface area contributed by atoms with E-state index in [2.05, 4.69) is 34.4 Å². The zero-order valence-corrected chi connectivity index (χ0v) is 16.2. The lowest BCUT2D eigenvalue weighted by Gasteiger charge is -2.26. The van der Waals surface area contributed by atoms with Gasteiger partial charge in [-0.15, -0.1) is 0 Å². The molecular formula is C22H22ClN3O. The monoisotopic (exact) mass is 379 g/mol. The van der Waals surface area contributed by atoms with E-state index in [4.69, 9.17) is 11.6 Å². The Morgan fingerprint density at radius 1 is 1.19 bits per heavy atom. The van der Waals surface area contributed by atoms with Crippen LogP contribution in [0.3, 0.4) is 0 Å². The standard InChI is InChI=1S/C22H22ClN3O/c1-14-7-6-10-16-13-17(21(23)25-19(14)16)22(27)24-18-11-12-26(2)20(18)15-8-4-3-5-9-15/h3-10,13,18,20H,11-12H2,1-2H3,(H,24,27)/t18-,20+/m0/s1. The lowest BCUT2D eigenvalue weighted by Crippen LogP contribution is -2.39. The van der Waals surface area contributed by atoms with Gasteiger partial charge in [-0.25, -0.2) is 4.98 Å². The molecule has 1 saturated heterocycles. The number of likely N-dealkylation sites (N-methyl/N-ethyl adjacent to an activating group) is 1. The number of halogens is 1. The molecule has 5 heteroatoms. The topological polar surface area (TPSA) is 45.2 Å². The summed E-state index contributed by atoms with van der Waals surface area (Å²) in [4.78, 5) is 19.7. The summed E-state index contributed by atoms with van der Waals surface area (Å²) in [6.07, 6.45) is 0.902. The van der Waals surface area contributed by atoms with Gasteiger partial charge in [-0.05, 0) is 37.6 Å². The van der Waals surface area contributed by atoms with Crippen LogP contribution in [-0.2, 0) is 0 Å². The fourth-order valence-electron chi connectivity index (χ4n) is 3.96. The quantitative estimate of drug-likeness (QED) is 0.687. The normalized spacial score (nSPS) is 20.1. The number of hydrogen-bond acceptors (Lipinski definition) is 3. The highest BCUT2D eigenvalue weighted by atomic mass is 35.5. The Kier molecular flexibility index (Phi) is 4.85. The van der Waals surface area contributed by atoms with Gasteiger partial charge in [0.15, 0.2) is 0 Å². The molecule has 0 spiro atoms. The van der Waals surface area contributed by atoms with Crippen LogP contribution in [0.15, 0.2) is 54.6 Å². The Balaban J connectivity index is 1.62. The van der Waals surface area contributed by atoms with Gasteiger partial charge in [-0.3, -0.25) is 9.69 Å². The molecule has 2 heterocycles. The average molecular weight is 380 g/mol. The van der Waals surface area contributed by atoms with Crippen molar-refractivity contribution in [2.45, 2.75) is 25.4 Å². The molecule has 0 unspecified atom stereocenters. The van der Waals surface area contributed by atoms with E-state index in [1.807, 2.05) is 49.4 Å². The zero-order chi connectivity index (χ0) is 19.0. The number of hydrogen-bond donors (Lipinski definition) is 1. The van der Waals surface area contributed by atoms with Crippen molar-refractivity contribution in [1.82, 2.24) is 15.2 Å². The van der Waals surface area contributed by atoms with Crippen LogP contribution in [-0.4, -0.2) is 35.4 Å². The van der Waals surface area contributed by atoms with E-state index >= 15 is 0 Å². The summed E-state index contributed by atoms with van der Waals surface area (Å²) < 4.78 is 0. The van der Waals surface area contributed by atoms with E-state index in [0.717, 1.165) is 29.4 Å². The largest absolute Gasteiger partial charge is 0.347 e. The summed E-state index contributed by atoms with van der Waals surface area (Å²) in [5, 5.41) is 4.36. The molecule has 4 nitrogen and oxygen atoms in total. The van der Waals surface area contributed by atoms with Crippen molar-refractivity contribution >= 4 is 28.4 Å². The second-order valence-corrected chi connectivity index (χ2v) is 7.54. The Bertz CT molecular complexity index is 990. The van der Waals surface area contributed by atoms with Gasteiger partial charge in [0.1, 0.15) is 5.15 Å². The Morgan fingerprint density at radius 2 is 1.96 bits per heavy atom. The molecule has 3 aromatic rings. The van der Waals surface area contributed by atoms with Crippen LogP contribution in [0.2, 0.25) is 5.15 Å². The third-order valence-electron chi connectivity index (χ3n) is 5.35. The molecule has 2 aromatic carbocycles. The fourth-order valence-corrected chi connectivity index (χ4v) is 4.19. The number of rotatable bonds is 3. The summed E-state index contributed by atoms with van der Waals surface area (Å²) >= 11 is 6.36. The van der Waals surface area contributed by atoms with Crippen molar-refractivity contribution in [3.8, 4) is 0 Å². The van der Waals surface area contributed by atoms with Gasteiger partial charge in [0.2, 0.25) is 0 Å². The lowest BCUT2D eigenvalue weighted by atomic mass is 10.00. The highest BCUT2D eigenvalue weighted by Crippen LogP contribution is 2.31. The molecular weight excluding hydrogens is 358 g/mol. The van der Waals surface area contributed by atoms with E-state index in [0.29, 0.717) is 5.56 Å². The maximum atomic E-state index is 13.0. The summed E-state index contributed by atoms with van der Waals surface area (Å²) in [5.74, 6) is -0.169. The molecule has 1 amide bonds. The Hall–Kier alpha value is -2.43. The van der Waals surface area contributed by atoms with Gasteiger partial charge in [-0.2, -0.15) is 0 Å². The molecule has 1 aliphatic rings. The highest BCUT2D eigenvalue weighted by Gasteiger charge is 2.34. The number of nitrogens with zero attached hydrogens (tertiary/aromatic N) is 2. The number of para-hydroxylation sites is 1. The van der Waals surface area contributed by atoms with Crippen LogP contribution >= 0.6 is 11.6 Å². The fraction of sp³-hybridized carbons (Fsp3) is 0.273. The van der Waals surface area contributed by atoms with Crippen molar-refractivity contribution in [1.29, 1.82) is 0 Å². The van der Waals surface area contributed by atoms with E-state index in [1.54, 1.807) is 0 Å². The number of carbonyl (C=O) groups is 1. The van der Waals surface area contributed by atoms with Gasteiger partial charge in [-0.1, -0.05) is 60.1 Å². The Morgan fingerprint density at radius 3 is 2.74 bits per heavy atom. The van der Waals surface area contributed by atoms with E-state index < -0.39 is 0 Å². The van der Waals surface area contributed by atoms with Gasteiger partial charge in [0.05, 0.1) is 23.2 Å². The van der Waals surface area contributed by atoms with E-state index in [1.165, 1.54) is 5.56 Å².